The van der Waals surface area contributed by atoms with Crippen molar-refractivity contribution in [3.63, 3.8) is 0 Å². The summed E-state index contributed by atoms with van der Waals surface area (Å²) in [6.45, 7) is 2.02. The number of hydrogen-bond donors (Lipinski definition) is 1. The monoisotopic (exact) mass is 417 g/mol. The molecular formula is C14H13BrINO. The predicted molar refractivity (Wildman–Crippen MR) is 84.5 cm³/mol. The highest BCUT2D eigenvalue weighted by Crippen LogP contribution is 2.33. The fourth-order valence-electron chi connectivity index (χ4n) is 1.86. The van der Waals surface area contributed by atoms with E-state index in [2.05, 4.69) is 43.5 Å². The van der Waals surface area contributed by atoms with Gasteiger partial charge in [0, 0.05) is 26.4 Å². The van der Waals surface area contributed by atoms with Crippen LogP contribution in [0.15, 0.2) is 47.2 Å². The van der Waals surface area contributed by atoms with E-state index < -0.39 is 6.10 Å². The van der Waals surface area contributed by atoms with Crippen LogP contribution < -0.4 is 0 Å². The first-order valence-corrected chi connectivity index (χ1v) is 7.49. The maximum absolute atomic E-state index is 10.5. The minimum Gasteiger partial charge on any atom is -0.388 e. The zero-order chi connectivity index (χ0) is 13.1. The van der Waals surface area contributed by atoms with E-state index in [4.69, 9.17) is 0 Å². The van der Waals surface area contributed by atoms with Gasteiger partial charge in [0.1, 0.15) is 0 Å². The maximum Gasteiger partial charge on any atom is 0.0866 e. The lowest BCUT2D eigenvalue weighted by molar-refractivity contribution is 0.150. The first-order valence-electron chi connectivity index (χ1n) is 5.62. The van der Waals surface area contributed by atoms with Crippen molar-refractivity contribution in [2.45, 2.75) is 18.9 Å². The first-order chi connectivity index (χ1) is 8.59. The normalized spacial score (nSPS) is 14.2. The Hall–Kier alpha value is -0.460. The van der Waals surface area contributed by atoms with Crippen molar-refractivity contribution in [2.24, 2.45) is 0 Å². The zero-order valence-corrected chi connectivity index (χ0v) is 13.6. The molecule has 2 aromatic rings. The molecule has 1 aromatic heterocycles. The molecule has 0 saturated heterocycles. The van der Waals surface area contributed by atoms with Crippen LogP contribution in [0.4, 0.5) is 0 Å². The van der Waals surface area contributed by atoms with Crippen LogP contribution in [-0.2, 0) is 0 Å². The number of benzene rings is 1. The second-order valence-corrected chi connectivity index (χ2v) is 6.26. The van der Waals surface area contributed by atoms with E-state index in [0.29, 0.717) is 0 Å². The van der Waals surface area contributed by atoms with Crippen molar-refractivity contribution >= 4 is 38.5 Å². The van der Waals surface area contributed by atoms with Gasteiger partial charge in [0.15, 0.2) is 0 Å². The van der Waals surface area contributed by atoms with Crippen LogP contribution in [0, 0.1) is 3.57 Å². The molecule has 1 heterocycles. The van der Waals surface area contributed by atoms with Gasteiger partial charge >= 0.3 is 0 Å². The summed E-state index contributed by atoms with van der Waals surface area (Å²) >= 11 is 5.70. The molecule has 0 aliphatic rings. The SMILES string of the molecule is CC(c1ccncc1)C(O)c1cc(Br)ccc1I. The third-order valence-electron chi connectivity index (χ3n) is 2.98. The predicted octanol–water partition coefficient (Wildman–Crippen LogP) is 4.29. The largest absolute Gasteiger partial charge is 0.388 e. The summed E-state index contributed by atoms with van der Waals surface area (Å²) < 4.78 is 2.06. The second-order valence-electron chi connectivity index (χ2n) is 4.18. The van der Waals surface area contributed by atoms with Gasteiger partial charge in [-0.25, -0.2) is 0 Å². The second kappa shape index (κ2) is 6.12. The Morgan fingerprint density at radius 2 is 1.89 bits per heavy atom. The van der Waals surface area contributed by atoms with Gasteiger partial charge in [0.2, 0.25) is 0 Å². The lowest BCUT2D eigenvalue weighted by atomic mass is 9.91. The van der Waals surface area contributed by atoms with Gasteiger partial charge in [-0.05, 0) is 64.0 Å². The lowest BCUT2D eigenvalue weighted by Crippen LogP contribution is -2.09. The first kappa shape index (κ1) is 14.0. The fraction of sp³-hybridized carbons (Fsp3) is 0.214. The lowest BCUT2D eigenvalue weighted by Gasteiger charge is -2.21. The minimum absolute atomic E-state index is 0.0378. The number of pyridine rings is 1. The number of aliphatic hydroxyl groups excluding tert-OH is 1. The molecule has 94 valence electrons. The van der Waals surface area contributed by atoms with Crippen LogP contribution >= 0.6 is 38.5 Å². The Bertz CT molecular complexity index is 533. The quantitative estimate of drug-likeness (QED) is 0.756. The number of aromatic nitrogens is 1. The van der Waals surface area contributed by atoms with E-state index in [-0.39, 0.29) is 5.92 Å². The van der Waals surface area contributed by atoms with Crippen molar-refractivity contribution in [2.75, 3.05) is 0 Å². The third-order valence-corrected chi connectivity index (χ3v) is 4.46. The summed E-state index contributed by atoms with van der Waals surface area (Å²) in [5, 5.41) is 10.5. The van der Waals surface area contributed by atoms with E-state index in [9.17, 15) is 5.11 Å². The van der Waals surface area contributed by atoms with Crippen LogP contribution in [0.25, 0.3) is 0 Å². The van der Waals surface area contributed by atoms with Crippen molar-refractivity contribution in [1.29, 1.82) is 0 Å². The summed E-state index contributed by atoms with van der Waals surface area (Å²) in [4.78, 5) is 4.00. The Balaban J connectivity index is 2.31. The standard InChI is InChI=1S/C14H13BrINO/c1-9(10-4-6-17-7-5-10)14(18)12-8-11(15)2-3-13(12)16/h2-9,14,18H,1H3. The average molecular weight is 418 g/mol. The third kappa shape index (κ3) is 3.10. The Kier molecular flexibility index (Phi) is 4.75. The van der Waals surface area contributed by atoms with Crippen LogP contribution in [0.2, 0.25) is 0 Å². The molecule has 0 bridgehead atoms. The molecule has 0 amide bonds. The average Bonchev–Trinajstić information content (AvgIpc) is 2.41. The summed E-state index contributed by atoms with van der Waals surface area (Å²) in [5.41, 5.74) is 2.04. The molecule has 2 unspecified atom stereocenters. The fourth-order valence-corrected chi connectivity index (χ4v) is 2.89. The van der Waals surface area contributed by atoms with Crippen molar-refractivity contribution in [1.82, 2.24) is 4.98 Å². The van der Waals surface area contributed by atoms with Gasteiger partial charge in [-0.2, -0.15) is 0 Å². The van der Waals surface area contributed by atoms with Crippen LogP contribution in [0.3, 0.4) is 0 Å². The molecule has 0 fully saturated rings. The molecular weight excluding hydrogens is 405 g/mol. The molecule has 0 saturated carbocycles. The molecule has 0 spiro atoms. The molecule has 0 aliphatic heterocycles. The van der Waals surface area contributed by atoms with E-state index in [0.717, 1.165) is 19.2 Å². The highest BCUT2D eigenvalue weighted by molar-refractivity contribution is 14.1. The highest BCUT2D eigenvalue weighted by atomic mass is 127. The Morgan fingerprint density at radius 1 is 1.22 bits per heavy atom. The number of rotatable bonds is 3. The van der Waals surface area contributed by atoms with Gasteiger partial charge in [-0.3, -0.25) is 4.98 Å². The molecule has 4 heteroatoms. The smallest absolute Gasteiger partial charge is 0.0866 e. The number of hydrogen-bond acceptors (Lipinski definition) is 2. The number of nitrogens with zero attached hydrogens (tertiary/aromatic N) is 1. The molecule has 18 heavy (non-hydrogen) atoms. The summed E-state index contributed by atoms with van der Waals surface area (Å²) in [7, 11) is 0. The number of aliphatic hydroxyl groups is 1. The zero-order valence-electron chi connectivity index (χ0n) is 9.85. The minimum atomic E-state index is -0.517. The molecule has 2 nitrogen and oxygen atoms in total. The van der Waals surface area contributed by atoms with E-state index in [1.54, 1.807) is 12.4 Å². The molecule has 0 aliphatic carbocycles. The summed E-state index contributed by atoms with van der Waals surface area (Å²) in [6.07, 6.45) is 2.99. The van der Waals surface area contributed by atoms with Crippen LogP contribution in [-0.4, -0.2) is 10.1 Å². The van der Waals surface area contributed by atoms with Crippen molar-refractivity contribution < 1.29 is 5.11 Å². The Morgan fingerprint density at radius 3 is 2.56 bits per heavy atom. The van der Waals surface area contributed by atoms with Crippen LogP contribution in [0.1, 0.15) is 30.1 Å². The van der Waals surface area contributed by atoms with Gasteiger partial charge in [0.25, 0.3) is 0 Å². The van der Waals surface area contributed by atoms with E-state index >= 15 is 0 Å². The highest BCUT2D eigenvalue weighted by Gasteiger charge is 2.20. The topological polar surface area (TPSA) is 33.1 Å². The van der Waals surface area contributed by atoms with Crippen LogP contribution in [0.5, 0.6) is 0 Å². The summed E-state index contributed by atoms with van der Waals surface area (Å²) in [5.74, 6) is 0.0378. The molecule has 2 atom stereocenters. The summed E-state index contributed by atoms with van der Waals surface area (Å²) in [6, 6.07) is 9.85. The Labute approximate surface area is 129 Å². The molecule has 1 N–H and O–H groups in total. The molecule has 2 rings (SSSR count). The van der Waals surface area contributed by atoms with E-state index in [1.165, 1.54) is 0 Å². The van der Waals surface area contributed by atoms with Gasteiger partial charge in [0.05, 0.1) is 6.10 Å². The number of halogens is 2. The maximum atomic E-state index is 10.5. The van der Waals surface area contributed by atoms with Gasteiger partial charge in [-0.15, -0.1) is 0 Å². The van der Waals surface area contributed by atoms with Gasteiger partial charge in [-0.1, -0.05) is 22.9 Å². The molecule has 1 aromatic carbocycles. The van der Waals surface area contributed by atoms with E-state index in [1.807, 2.05) is 37.3 Å². The van der Waals surface area contributed by atoms with Crippen molar-refractivity contribution in [3.8, 4) is 0 Å². The molecule has 0 radical (unpaired) electrons. The van der Waals surface area contributed by atoms with Gasteiger partial charge < -0.3 is 5.11 Å². The van der Waals surface area contributed by atoms with Crippen molar-refractivity contribution in [3.05, 3.63) is 61.9 Å².